The lowest BCUT2D eigenvalue weighted by Crippen LogP contribution is -2.37. The topological polar surface area (TPSA) is 80.5 Å². The predicted octanol–water partition coefficient (Wildman–Crippen LogP) is 6.80. The predicted molar refractivity (Wildman–Crippen MR) is 142 cm³/mol. The molecule has 184 valence electrons. The number of halogens is 2. The summed E-state index contributed by atoms with van der Waals surface area (Å²) in [5, 5.41) is 7.66. The Morgan fingerprint density at radius 2 is 1.89 bits per heavy atom. The molecule has 36 heavy (non-hydrogen) atoms. The van der Waals surface area contributed by atoms with Gasteiger partial charge in [0.25, 0.3) is 0 Å². The number of nitrogens with zero attached hydrogens (tertiary/aromatic N) is 3. The molecule has 5 rings (SSSR count). The molecule has 4 aromatic rings. The van der Waals surface area contributed by atoms with Crippen LogP contribution in [0.3, 0.4) is 0 Å². The summed E-state index contributed by atoms with van der Waals surface area (Å²) < 4.78 is 12.4. The molecule has 1 aliphatic rings. The van der Waals surface area contributed by atoms with Crippen molar-refractivity contribution in [3.05, 3.63) is 88.2 Å². The van der Waals surface area contributed by atoms with Crippen molar-refractivity contribution in [2.24, 2.45) is 5.92 Å². The van der Waals surface area contributed by atoms with Crippen LogP contribution in [-0.4, -0.2) is 34.0 Å². The third kappa shape index (κ3) is 6.13. The molecule has 0 aliphatic carbocycles. The minimum Gasteiger partial charge on any atom is -0.455 e. The van der Waals surface area contributed by atoms with Crippen LogP contribution in [0.2, 0.25) is 5.02 Å². The van der Waals surface area contributed by atoms with Gasteiger partial charge in [-0.2, -0.15) is 4.98 Å². The van der Waals surface area contributed by atoms with E-state index in [9.17, 15) is 4.79 Å². The van der Waals surface area contributed by atoms with Crippen molar-refractivity contribution in [2.45, 2.75) is 19.4 Å². The number of anilines is 1. The van der Waals surface area contributed by atoms with Crippen LogP contribution in [0.15, 0.2) is 81.8 Å². The number of hydrogen-bond donors (Lipinski definition) is 1. The van der Waals surface area contributed by atoms with E-state index in [1.165, 1.54) is 0 Å². The van der Waals surface area contributed by atoms with Crippen LogP contribution in [0.5, 0.6) is 11.5 Å². The smallest absolute Gasteiger partial charge is 0.241 e. The standard InChI is InChI=1S/C27H24BrClN4O3/c28-20-6-4-5-19(15-20)26-31-25(36-32-26)17-33-13-11-18(12-14-33)27(34)30-23-16-21(29)9-10-24(23)35-22-7-2-1-3-8-22/h1-10,15-16,18H,11-14,17H2,(H,30,34). The van der Waals surface area contributed by atoms with Crippen LogP contribution < -0.4 is 10.1 Å². The third-order valence-electron chi connectivity index (χ3n) is 6.04. The minimum atomic E-state index is -0.107. The summed E-state index contributed by atoms with van der Waals surface area (Å²) in [7, 11) is 0. The van der Waals surface area contributed by atoms with Crippen molar-refractivity contribution in [3.8, 4) is 22.9 Å². The second-order valence-electron chi connectivity index (χ2n) is 8.62. The number of ether oxygens (including phenoxy) is 1. The number of rotatable bonds is 7. The van der Waals surface area contributed by atoms with Gasteiger partial charge in [-0.3, -0.25) is 9.69 Å². The lowest BCUT2D eigenvalue weighted by Gasteiger charge is -2.30. The van der Waals surface area contributed by atoms with Crippen molar-refractivity contribution in [3.63, 3.8) is 0 Å². The number of piperidine rings is 1. The Labute approximate surface area is 222 Å². The lowest BCUT2D eigenvalue weighted by molar-refractivity contribution is -0.121. The Morgan fingerprint density at radius 1 is 1.08 bits per heavy atom. The summed E-state index contributed by atoms with van der Waals surface area (Å²) in [6.07, 6.45) is 1.46. The number of para-hydroxylation sites is 1. The van der Waals surface area contributed by atoms with Gasteiger partial charge in [0.1, 0.15) is 5.75 Å². The Bertz CT molecular complexity index is 1340. The highest BCUT2D eigenvalue weighted by Crippen LogP contribution is 2.33. The summed E-state index contributed by atoms with van der Waals surface area (Å²) in [5.74, 6) is 2.22. The van der Waals surface area contributed by atoms with Crippen molar-refractivity contribution >= 4 is 39.1 Å². The van der Waals surface area contributed by atoms with Gasteiger partial charge in [0.2, 0.25) is 17.6 Å². The van der Waals surface area contributed by atoms with Crippen LogP contribution in [0, 0.1) is 5.92 Å². The zero-order chi connectivity index (χ0) is 24.9. The maximum Gasteiger partial charge on any atom is 0.241 e. The van der Waals surface area contributed by atoms with Crippen molar-refractivity contribution in [1.82, 2.24) is 15.0 Å². The molecule has 2 heterocycles. The van der Waals surface area contributed by atoms with Crippen LogP contribution in [0.4, 0.5) is 5.69 Å². The largest absolute Gasteiger partial charge is 0.455 e. The molecule has 1 amide bonds. The zero-order valence-corrected chi connectivity index (χ0v) is 21.7. The monoisotopic (exact) mass is 566 g/mol. The fourth-order valence-electron chi connectivity index (χ4n) is 4.15. The van der Waals surface area contributed by atoms with Gasteiger partial charge in [-0.1, -0.05) is 63.0 Å². The highest BCUT2D eigenvalue weighted by atomic mass is 79.9. The summed E-state index contributed by atoms with van der Waals surface area (Å²) in [4.78, 5) is 19.8. The van der Waals surface area contributed by atoms with Gasteiger partial charge in [-0.15, -0.1) is 0 Å². The Balaban J connectivity index is 1.17. The second-order valence-corrected chi connectivity index (χ2v) is 9.97. The van der Waals surface area contributed by atoms with E-state index in [4.69, 9.17) is 20.9 Å². The van der Waals surface area contributed by atoms with Gasteiger partial charge >= 0.3 is 0 Å². The molecule has 0 atom stereocenters. The molecule has 1 aromatic heterocycles. The van der Waals surface area contributed by atoms with E-state index >= 15 is 0 Å². The van der Waals surface area contributed by atoms with Gasteiger partial charge in [-0.05, 0) is 68.4 Å². The summed E-state index contributed by atoms with van der Waals surface area (Å²) in [6, 6.07) is 22.4. The van der Waals surface area contributed by atoms with Crippen LogP contribution in [0.25, 0.3) is 11.4 Å². The van der Waals surface area contributed by atoms with Crippen molar-refractivity contribution in [1.29, 1.82) is 0 Å². The normalized spacial score (nSPS) is 14.5. The number of benzene rings is 3. The molecule has 1 saturated heterocycles. The Kier molecular flexibility index (Phi) is 7.65. The second kappa shape index (κ2) is 11.2. The van der Waals surface area contributed by atoms with E-state index in [0.717, 1.165) is 36.0 Å². The molecule has 0 saturated carbocycles. The van der Waals surface area contributed by atoms with Gasteiger partial charge in [0.15, 0.2) is 5.75 Å². The fourth-order valence-corrected chi connectivity index (χ4v) is 4.72. The zero-order valence-electron chi connectivity index (χ0n) is 19.4. The number of carbonyl (C=O) groups excluding carboxylic acids is 1. The first-order valence-electron chi connectivity index (χ1n) is 11.7. The first kappa shape index (κ1) is 24.5. The van der Waals surface area contributed by atoms with E-state index in [1.807, 2.05) is 54.6 Å². The Hall–Kier alpha value is -3.20. The molecule has 0 spiro atoms. The fraction of sp³-hybridized carbons (Fsp3) is 0.222. The maximum absolute atomic E-state index is 13.1. The lowest BCUT2D eigenvalue weighted by atomic mass is 9.96. The molecule has 1 N–H and O–H groups in total. The number of carbonyl (C=O) groups is 1. The number of hydrogen-bond acceptors (Lipinski definition) is 6. The van der Waals surface area contributed by atoms with Crippen LogP contribution in [0.1, 0.15) is 18.7 Å². The average Bonchev–Trinajstić information content (AvgIpc) is 3.35. The highest BCUT2D eigenvalue weighted by molar-refractivity contribution is 9.10. The van der Waals surface area contributed by atoms with Crippen LogP contribution >= 0.6 is 27.5 Å². The van der Waals surface area contributed by atoms with E-state index in [2.05, 4.69) is 36.3 Å². The number of nitrogens with one attached hydrogen (secondary N) is 1. The molecular formula is C27H24BrClN4O3. The first-order valence-corrected chi connectivity index (χ1v) is 12.8. The van der Waals surface area contributed by atoms with Crippen molar-refractivity contribution in [2.75, 3.05) is 18.4 Å². The molecule has 1 aliphatic heterocycles. The molecular weight excluding hydrogens is 544 g/mol. The van der Waals surface area contributed by atoms with Gasteiger partial charge < -0.3 is 14.6 Å². The van der Waals surface area contributed by atoms with E-state index in [1.54, 1.807) is 18.2 Å². The minimum absolute atomic E-state index is 0.0374. The molecule has 0 unspecified atom stereocenters. The average molecular weight is 568 g/mol. The van der Waals surface area contributed by atoms with E-state index in [0.29, 0.717) is 40.5 Å². The van der Waals surface area contributed by atoms with Crippen molar-refractivity contribution < 1.29 is 14.1 Å². The van der Waals surface area contributed by atoms with Crippen LogP contribution in [-0.2, 0) is 11.3 Å². The molecule has 7 nitrogen and oxygen atoms in total. The maximum atomic E-state index is 13.1. The quantitative estimate of drug-likeness (QED) is 0.265. The van der Waals surface area contributed by atoms with Gasteiger partial charge in [-0.25, -0.2) is 0 Å². The van der Waals surface area contributed by atoms with E-state index < -0.39 is 0 Å². The molecule has 9 heteroatoms. The third-order valence-corrected chi connectivity index (χ3v) is 6.77. The molecule has 0 radical (unpaired) electrons. The highest BCUT2D eigenvalue weighted by Gasteiger charge is 2.27. The molecule has 3 aromatic carbocycles. The number of aromatic nitrogens is 2. The SMILES string of the molecule is O=C(Nc1cc(Cl)ccc1Oc1ccccc1)C1CCN(Cc2nc(-c3cccc(Br)c3)no2)CC1. The first-order chi connectivity index (χ1) is 17.5. The van der Waals surface area contributed by atoms with Gasteiger partial charge in [0, 0.05) is 21.0 Å². The molecule has 0 bridgehead atoms. The number of likely N-dealkylation sites (tertiary alicyclic amines) is 1. The summed E-state index contributed by atoms with van der Waals surface area (Å²) in [6.45, 7) is 2.07. The van der Waals surface area contributed by atoms with E-state index in [-0.39, 0.29) is 11.8 Å². The van der Waals surface area contributed by atoms with Gasteiger partial charge in [0.05, 0.1) is 12.2 Å². The molecule has 1 fully saturated rings. The summed E-state index contributed by atoms with van der Waals surface area (Å²) >= 11 is 9.66. The summed E-state index contributed by atoms with van der Waals surface area (Å²) in [5.41, 5.74) is 1.45. The Morgan fingerprint density at radius 3 is 2.67 bits per heavy atom. The number of amides is 1.